The summed E-state index contributed by atoms with van der Waals surface area (Å²) in [6, 6.07) is 11.0. The Kier molecular flexibility index (Phi) is 12.2. The Balaban J connectivity index is 2.14. The molecule has 0 saturated carbocycles. The maximum absolute atomic E-state index is 11.6. The van der Waals surface area contributed by atoms with Crippen molar-refractivity contribution in [3.63, 3.8) is 0 Å². The number of carboxylic acids is 1. The predicted octanol–water partition coefficient (Wildman–Crippen LogP) is 4.16. The van der Waals surface area contributed by atoms with Gasteiger partial charge in [0.15, 0.2) is 0 Å². The molecule has 3 N–H and O–H groups in total. The molecule has 0 aliphatic rings. The van der Waals surface area contributed by atoms with Gasteiger partial charge in [0.05, 0.1) is 6.54 Å². The number of benzene rings is 2. The number of phenolic OH excluding ortho intramolecular Hbond substituents is 2. The number of carbonyl (C=O) groups excluding carboxylic acids is 1. The molecule has 8 heteroatoms. The van der Waals surface area contributed by atoms with E-state index in [1.807, 2.05) is 29.2 Å². The topological polar surface area (TPSA) is 111 Å². The van der Waals surface area contributed by atoms with E-state index in [-0.39, 0.29) is 31.3 Å². The van der Waals surface area contributed by atoms with Crippen LogP contribution in [0, 0.1) is 5.92 Å². The van der Waals surface area contributed by atoms with Crippen molar-refractivity contribution in [1.29, 1.82) is 0 Å². The number of nitrogens with zero attached hydrogens (tertiary/aromatic N) is 2. The fourth-order valence-electron chi connectivity index (χ4n) is 4.08. The first-order chi connectivity index (χ1) is 17.2. The number of hydrogen-bond donors (Lipinski definition) is 3. The molecule has 0 heterocycles. The van der Waals surface area contributed by atoms with Gasteiger partial charge in [-0.2, -0.15) is 0 Å². The lowest BCUT2D eigenvalue weighted by Gasteiger charge is -2.27. The maximum Gasteiger partial charge on any atom is 0.317 e. The lowest BCUT2D eigenvalue weighted by molar-refractivity contribution is -0.138. The minimum absolute atomic E-state index is 0.0117. The molecule has 0 bridgehead atoms. The number of ether oxygens (including phenoxy) is 1. The molecule has 0 spiro atoms. The highest BCUT2D eigenvalue weighted by Gasteiger charge is 2.17. The number of aliphatic carboxylic acids is 1. The first-order valence-electron chi connectivity index (χ1n) is 12.5. The van der Waals surface area contributed by atoms with Crippen molar-refractivity contribution < 1.29 is 29.6 Å². The minimum Gasteiger partial charge on any atom is -0.508 e. The van der Waals surface area contributed by atoms with Crippen LogP contribution < -0.4 is 0 Å². The predicted molar refractivity (Wildman–Crippen MR) is 139 cm³/mol. The third-order valence-electron chi connectivity index (χ3n) is 6.04. The van der Waals surface area contributed by atoms with E-state index in [2.05, 4.69) is 20.8 Å². The number of carbonyl (C=O) groups is 2. The Labute approximate surface area is 214 Å². The zero-order valence-corrected chi connectivity index (χ0v) is 21.7. The summed E-state index contributed by atoms with van der Waals surface area (Å²) in [4.78, 5) is 26.0. The molecular weight excluding hydrogens is 460 g/mol. The first kappa shape index (κ1) is 29.1. The van der Waals surface area contributed by atoms with Crippen LogP contribution in [0.4, 0.5) is 0 Å². The Morgan fingerprint density at radius 1 is 0.944 bits per heavy atom. The second-order valence-corrected chi connectivity index (χ2v) is 9.66. The highest BCUT2D eigenvalue weighted by atomic mass is 16.5. The number of rotatable bonds is 17. The highest BCUT2D eigenvalue weighted by molar-refractivity contribution is 5.69. The van der Waals surface area contributed by atoms with Crippen LogP contribution in [-0.4, -0.2) is 63.9 Å². The summed E-state index contributed by atoms with van der Waals surface area (Å²) < 4.78 is 4.99. The van der Waals surface area contributed by atoms with Crippen molar-refractivity contribution in [2.24, 2.45) is 5.92 Å². The smallest absolute Gasteiger partial charge is 0.317 e. The number of aromatic hydroxyl groups is 2. The van der Waals surface area contributed by atoms with Gasteiger partial charge in [-0.1, -0.05) is 51.5 Å². The molecule has 2 aromatic rings. The summed E-state index contributed by atoms with van der Waals surface area (Å²) in [6.07, 6.45) is 3.80. The average Bonchev–Trinajstić information content (AvgIpc) is 2.82. The van der Waals surface area contributed by atoms with E-state index in [1.165, 1.54) is 0 Å². The molecule has 0 aromatic heterocycles. The van der Waals surface area contributed by atoms with Gasteiger partial charge >= 0.3 is 5.97 Å². The van der Waals surface area contributed by atoms with Gasteiger partial charge in [0, 0.05) is 37.3 Å². The lowest BCUT2D eigenvalue weighted by Crippen LogP contribution is -2.38. The number of phenols is 2. The molecule has 36 heavy (non-hydrogen) atoms. The fraction of sp³-hybridized carbons (Fsp3) is 0.500. The molecule has 0 aliphatic heterocycles. The van der Waals surface area contributed by atoms with E-state index in [0.29, 0.717) is 37.6 Å². The molecule has 0 atom stereocenters. The van der Waals surface area contributed by atoms with Crippen molar-refractivity contribution in [2.45, 2.75) is 59.5 Å². The molecule has 198 valence electrons. The molecule has 0 radical (unpaired) electrons. The largest absolute Gasteiger partial charge is 0.508 e. The average molecular weight is 501 g/mol. The Morgan fingerprint density at radius 2 is 1.50 bits per heavy atom. The van der Waals surface area contributed by atoms with Gasteiger partial charge in [0.1, 0.15) is 18.2 Å². The SMILES string of the molecule is CCCc1ccc(O)c(CN(CCN(CC(=O)O)Cc2cc(CCC(C)C)ccc2O)COC=O)c1. The van der Waals surface area contributed by atoms with Crippen molar-refractivity contribution in [1.82, 2.24) is 9.80 Å². The summed E-state index contributed by atoms with van der Waals surface area (Å²) in [5.41, 5.74) is 3.62. The van der Waals surface area contributed by atoms with E-state index in [9.17, 15) is 24.9 Å². The summed E-state index contributed by atoms with van der Waals surface area (Å²) in [6.45, 7) is 7.97. The minimum atomic E-state index is -0.967. The van der Waals surface area contributed by atoms with Crippen LogP contribution >= 0.6 is 0 Å². The molecule has 8 nitrogen and oxygen atoms in total. The molecule has 0 amide bonds. The van der Waals surface area contributed by atoms with Gasteiger partial charge in [0.25, 0.3) is 6.47 Å². The molecular formula is C28H40N2O6. The molecule has 0 fully saturated rings. The van der Waals surface area contributed by atoms with Crippen LogP contribution in [0.1, 0.15) is 55.9 Å². The van der Waals surface area contributed by atoms with Crippen LogP contribution in [0.2, 0.25) is 0 Å². The van der Waals surface area contributed by atoms with Crippen molar-refractivity contribution >= 4 is 12.4 Å². The normalized spacial score (nSPS) is 11.4. The van der Waals surface area contributed by atoms with Crippen molar-refractivity contribution in [3.8, 4) is 11.5 Å². The van der Waals surface area contributed by atoms with Crippen LogP contribution in [0.3, 0.4) is 0 Å². The second-order valence-electron chi connectivity index (χ2n) is 9.66. The van der Waals surface area contributed by atoms with E-state index in [1.54, 1.807) is 17.0 Å². The Bertz CT molecular complexity index is 979. The molecule has 0 unspecified atom stereocenters. The number of hydrogen-bond acceptors (Lipinski definition) is 7. The summed E-state index contributed by atoms with van der Waals surface area (Å²) in [7, 11) is 0. The summed E-state index contributed by atoms with van der Waals surface area (Å²) in [5, 5.41) is 30.2. The van der Waals surface area contributed by atoms with Crippen LogP contribution in [0.5, 0.6) is 11.5 Å². The third kappa shape index (κ3) is 10.3. The fourth-order valence-corrected chi connectivity index (χ4v) is 4.08. The Hall–Kier alpha value is -3.10. The maximum atomic E-state index is 11.6. The number of carboxylic acid groups (broad SMARTS) is 1. The van der Waals surface area contributed by atoms with Crippen LogP contribution in [-0.2, 0) is 40.3 Å². The molecule has 0 aliphatic carbocycles. The van der Waals surface area contributed by atoms with Crippen LogP contribution in [0.25, 0.3) is 0 Å². The monoisotopic (exact) mass is 500 g/mol. The quantitative estimate of drug-likeness (QED) is 0.219. The molecule has 0 saturated heterocycles. The second kappa shape index (κ2) is 15.1. The highest BCUT2D eigenvalue weighted by Crippen LogP contribution is 2.23. The van der Waals surface area contributed by atoms with E-state index >= 15 is 0 Å². The van der Waals surface area contributed by atoms with E-state index in [0.717, 1.165) is 42.4 Å². The van der Waals surface area contributed by atoms with Gasteiger partial charge in [-0.3, -0.25) is 19.4 Å². The summed E-state index contributed by atoms with van der Waals surface area (Å²) >= 11 is 0. The van der Waals surface area contributed by atoms with Gasteiger partial charge in [-0.05, 0) is 48.4 Å². The van der Waals surface area contributed by atoms with Gasteiger partial charge in [0.2, 0.25) is 0 Å². The zero-order valence-electron chi connectivity index (χ0n) is 21.7. The standard InChI is InChI=1S/C28H40N2O6/c1-4-5-22-8-10-27(33)25(14-22)17-30(19-36-20-31)13-12-29(18-28(34)35)16-24-15-23(7-6-21(2)3)9-11-26(24)32/h8-11,14-15,20-21,32-33H,4-7,12-13,16-19H2,1-3H3,(H,34,35). The summed E-state index contributed by atoms with van der Waals surface area (Å²) in [5.74, 6) is -0.104. The lowest BCUT2D eigenvalue weighted by atomic mass is 10.0. The molecule has 2 aromatic carbocycles. The van der Waals surface area contributed by atoms with Gasteiger partial charge in [-0.25, -0.2) is 0 Å². The van der Waals surface area contributed by atoms with Crippen LogP contribution in [0.15, 0.2) is 36.4 Å². The Morgan fingerprint density at radius 3 is 2.03 bits per heavy atom. The first-order valence-corrected chi connectivity index (χ1v) is 12.5. The number of aryl methyl sites for hydroxylation is 2. The van der Waals surface area contributed by atoms with Gasteiger partial charge < -0.3 is 20.1 Å². The zero-order chi connectivity index (χ0) is 26.5. The van der Waals surface area contributed by atoms with Crippen molar-refractivity contribution in [2.75, 3.05) is 26.4 Å². The van der Waals surface area contributed by atoms with E-state index in [4.69, 9.17) is 4.74 Å². The third-order valence-corrected chi connectivity index (χ3v) is 6.04. The van der Waals surface area contributed by atoms with E-state index < -0.39 is 5.97 Å². The van der Waals surface area contributed by atoms with Gasteiger partial charge in [-0.15, -0.1) is 0 Å². The van der Waals surface area contributed by atoms with Crippen molar-refractivity contribution in [3.05, 3.63) is 58.7 Å². The molecule has 2 rings (SSSR count).